The molecule has 0 saturated carbocycles. The van der Waals surface area contributed by atoms with Crippen molar-refractivity contribution in [2.24, 2.45) is 0 Å². The second-order valence-electron chi connectivity index (χ2n) is 6.66. The SMILES string of the molecule is Nc1cccc(Oc2cc(C#Cc3ccccc3)cc(Oc3cccc(N)c3)c2)c1. The molecule has 4 rings (SSSR count). The van der Waals surface area contributed by atoms with Crippen LogP contribution >= 0.6 is 0 Å². The fraction of sp³-hybridized carbons (Fsp3) is 0. The van der Waals surface area contributed by atoms with Gasteiger partial charge < -0.3 is 20.9 Å². The minimum atomic E-state index is 0.597. The number of nitrogen functional groups attached to an aromatic ring is 2. The van der Waals surface area contributed by atoms with Gasteiger partial charge in [0.05, 0.1) is 0 Å². The van der Waals surface area contributed by atoms with Crippen molar-refractivity contribution in [2.45, 2.75) is 0 Å². The van der Waals surface area contributed by atoms with Crippen LogP contribution in [-0.2, 0) is 0 Å². The standard InChI is InChI=1S/C26H20N2O2/c27-21-8-4-10-23(16-21)29-25-14-20(13-12-19-6-2-1-3-7-19)15-26(18-25)30-24-11-5-9-22(28)17-24/h1-11,14-18H,27-28H2. The van der Waals surface area contributed by atoms with Gasteiger partial charge in [-0.1, -0.05) is 42.2 Å². The highest BCUT2D eigenvalue weighted by Crippen LogP contribution is 2.31. The van der Waals surface area contributed by atoms with Crippen LogP contribution in [0.1, 0.15) is 11.1 Å². The van der Waals surface area contributed by atoms with E-state index in [0.717, 1.165) is 11.1 Å². The number of ether oxygens (including phenoxy) is 2. The average Bonchev–Trinajstić information content (AvgIpc) is 2.73. The van der Waals surface area contributed by atoms with Gasteiger partial charge in [0.15, 0.2) is 0 Å². The maximum absolute atomic E-state index is 6.00. The van der Waals surface area contributed by atoms with Crippen LogP contribution in [0, 0.1) is 11.8 Å². The topological polar surface area (TPSA) is 70.5 Å². The summed E-state index contributed by atoms with van der Waals surface area (Å²) in [5.74, 6) is 8.80. The van der Waals surface area contributed by atoms with Crippen molar-refractivity contribution in [1.29, 1.82) is 0 Å². The molecule has 0 fully saturated rings. The predicted molar refractivity (Wildman–Crippen MR) is 121 cm³/mol. The third kappa shape index (κ3) is 5.12. The highest BCUT2D eigenvalue weighted by molar-refractivity contribution is 5.52. The van der Waals surface area contributed by atoms with Gasteiger partial charge in [-0.15, -0.1) is 0 Å². The molecule has 0 bridgehead atoms. The van der Waals surface area contributed by atoms with Crippen LogP contribution in [0.5, 0.6) is 23.0 Å². The molecule has 4 aromatic rings. The maximum atomic E-state index is 6.00. The van der Waals surface area contributed by atoms with E-state index in [1.54, 1.807) is 18.2 Å². The lowest BCUT2D eigenvalue weighted by molar-refractivity contribution is 0.460. The normalized spacial score (nSPS) is 10.0. The summed E-state index contributed by atoms with van der Waals surface area (Å²) < 4.78 is 12.0. The molecule has 0 aromatic heterocycles. The lowest BCUT2D eigenvalue weighted by Crippen LogP contribution is -1.91. The van der Waals surface area contributed by atoms with Crippen molar-refractivity contribution in [3.63, 3.8) is 0 Å². The van der Waals surface area contributed by atoms with E-state index >= 15 is 0 Å². The van der Waals surface area contributed by atoms with Crippen LogP contribution < -0.4 is 20.9 Å². The Kier molecular flexibility index (Phi) is 5.54. The van der Waals surface area contributed by atoms with Crippen LogP contribution in [0.25, 0.3) is 0 Å². The van der Waals surface area contributed by atoms with Crippen molar-refractivity contribution in [2.75, 3.05) is 11.5 Å². The lowest BCUT2D eigenvalue weighted by Gasteiger charge is -2.11. The van der Waals surface area contributed by atoms with E-state index in [2.05, 4.69) is 11.8 Å². The Bertz CT molecular complexity index is 1160. The Hall–Kier alpha value is -4.36. The number of hydrogen-bond donors (Lipinski definition) is 2. The summed E-state index contributed by atoms with van der Waals surface area (Å²) in [6.45, 7) is 0. The molecule has 4 heteroatoms. The van der Waals surface area contributed by atoms with Crippen molar-refractivity contribution < 1.29 is 9.47 Å². The number of nitrogens with two attached hydrogens (primary N) is 2. The Morgan fingerprint density at radius 2 is 1.00 bits per heavy atom. The van der Waals surface area contributed by atoms with Crippen LogP contribution in [0.4, 0.5) is 11.4 Å². The molecule has 4 aromatic carbocycles. The molecular weight excluding hydrogens is 372 g/mol. The van der Waals surface area contributed by atoms with Gasteiger partial charge in [0.1, 0.15) is 23.0 Å². The van der Waals surface area contributed by atoms with E-state index in [0.29, 0.717) is 34.4 Å². The van der Waals surface area contributed by atoms with Crippen LogP contribution in [-0.4, -0.2) is 0 Å². The molecular formula is C26H20N2O2. The molecule has 30 heavy (non-hydrogen) atoms. The summed E-state index contributed by atoms with van der Waals surface area (Å²) in [7, 11) is 0. The van der Waals surface area contributed by atoms with Crippen molar-refractivity contribution in [3.8, 4) is 34.8 Å². The first-order valence-electron chi connectivity index (χ1n) is 9.43. The van der Waals surface area contributed by atoms with Crippen molar-refractivity contribution in [3.05, 3.63) is 108 Å². The average molecular weight is 392 g/mol. The zero-order valence-electron chi connectivity index (χ0n) is 16.2. The first-order chi connectivity index (χ1) is 14.6. The molecule has 0 amide bonds. The lowest BCUT2D eigenvalue weighted by atomic mass is 10.1. The highest BCUT2D eigenvalue weighted by Gasteiger charge is 2.06. The molecule has 4 N–H and O–H groups in total. The third-order valence-electron chi connectivity index (χ3n) is 4.19. The van der Waals surface area contributed by atoms with Gasteiger partial charge in [-0.25, -0.2) is 0 Å². The van der Waals surface area contributed by atoms with Gasteiger partial charge in [-0.05, 0) is 48.5 Å². The van der Waals surface area contributed by atoms with Gasteiger partial charge in [-0.2, -0.15) is 0 Å². The molecule has 0 spiro atoms. The summed E-state index contributed by atoms with van der Waals surface area (Å²) >= 11 is 0. The van der Waals surface area contributed by atoms with Gasteiger partial charge in [0.25, 0.3) is 0 Å². The zero-order chi connectivity index (χ0) is 20.8. The van der Waals surface area contributed by atoms with Gasteiger partial charge in [-0.3, -0.25) is 0 Å². The second-order valence-corrected chi connectivity index (χ2v) is 6.66. The van der Waals surface area contributed by atoms with E-state index in [4.69, 9.17) is 20.9 Å². The molecule has 0 aliphatic carbocycles. The summed E-state index contributed by atoms with van der Waals surface area (Å²) in [4.78, 5) is 0. The molecule has 0 saturated heterocycles. The van der Waals surface area contributed by atoms with E-state index in [9.17, 15) is 0 Å². The smallest absolute Gasteiger partial charge is 0.132 e. The van der Waals surface area contributed by atoms with Gasteiger partial charge >= 0.3 is 0 Å². The zero-order valence-corrected chi connectivity index (χ0v) is 16.2. The first-order valence-corrected chi connectivity index (χ1v) is 9.43. The molecule has 0 radical (unpaired) electrons. The number of anilines is 2. The fourth-order valence-corrected chi connectivity index (χ4v) is 2.86. The fourth-order valence-electron chi connectivity index (χ4n) is 2.86. The second kappa shape index (κ2) is 8.76. The third-order valence-corrected chi connectivity index (χ3v) is 4.19. The van der Waals surface area contributed by atoms with E-state index in [1.165, 1.54) is 0 Å². The monoisotopic (exact) mass is 392 g/mol. The Morgan fingerprint density at radius 1 is 0.467 bits per heavy atom. The quantitative estimate of drug-likeness (QED) is 0.338. The van der Waals surface area contributed by atoms with Crippen LogP contribution in [0.15, 0.2) is 97.1 Å². The van der Waals surface area contributed by atoms with Crippen LogP contribution in [0.2, 0.25) is 0 Å². The summed E-state index contributed by atoms with van der Waals surface area (Å²) in [6.07, 6.45) is 0. The molecule has 0 aliphatic rings. The Labute approximate surface area is 175 Å². The highest BCUT2D eigenvalue weighted by atomic mass is 16.5. The summed E-state index contributed by atoms with van der Waals surface area (Å²) in [5, 5.41) is 0. The largest absolute Gasteiger partial charge is 0.457 e. The number of benzene rings is 4. The van der Waals surface area contributed by atoms with Gasteiger partial charge in [0, 0.05) is 40.7 Å². The molecule has 0 heterocycles. The van der Waals surface area contributed by atoms with Crippen molar-refractivity contribution >= 4 is 11.4 Å². The van der Waals surface area contributed by atoms with E-state index in [1.807, 2.05) is 78.9 Å². The van der Waals surface area contributed by atoms with E-state index < -0.39 is 0 Å². The molecule has 0 atom stereocenters. The predicted octanol–water partition coefficient (Wildman–Crippen LogP) is 5.84. The van der Waals surface area contributed by atoms with E-state index in [-0.39, 0.29) is 0 Å². The van der Waals surface area contributed by atoms with Crippen LogP contribution in [0.3, 0.4) is 0 Å². The molecule has 0 unspecified atom stereocenters. The number of rotatable bonds is 4. The summed E-state index contributed by atoms with van der Waals surface area (Å²) in [5.41, 5.74) is 14.7. The molecule has 0 aliphatic heterocycles. The molecule has 146 valence electrons. The van der Waals surface area contributed by atoms with Gasteiger partial charge in [0.2, 0.25) is 0 Å². The Morgan fingerprint density at radius 3 is 1.53 bits per heavy atom. The molecule has 4 nitrogen and oxygen atoms in total. The maximum Gasteiger partial charge on any atom is 0.132 e. The number of hydrogen-bond acceptors (Lipinski definition) is 4. The summed E-state index contributed by atoms with van der Waals surface area (Å²) in [6, 6.07) is 29.9. The minimum Gasteiger partial charge on any atom is -0.457 e. The van der Waals surface area contributed by atoms with Crippen molar-refractivity contribution in [1.82, 2.24) is 0 Å². The minimum absolute atomic E-state index is 0.597. The first kappa shape index (κ1) is 19.0. The Balaban J connectivity index is 1.68.